The van der Waals surface area contributed by atoms with Crippen molar-refractivity contribution in [2.45, 2.75) is 71.0 Å². The maximum atomic E-state index is 11.4. The van der Waals surface area contributed by atoms with Crippen molar-refractivity contribution in [1.29, 1.82) is 0 Å². The van der Waals surface area contributed by atoms with Crippen molar-refractivity contribution in [2.75, 3.05) is 0 Å². The first-order valence-corrected chi connectivity index (χ1v) is 7.43. The normalized spacial score (nSPS) is 17.9. The van der Waals surface area contributed by atoms with Gasteiger partial charge >= 0.3 is 5.97 Å². The molecule has 1 unspecified atom stereocenters. The van der Waals surface area contributed by atoms with Gasteiger partial charge in [-0.05, 0) is 58.9 Å². The molecule has 0 aromatic carbocycles. The highest BCUT2D eigenvalue weighted by molar-refractivity contribution is 5.78. The van der Waals surface area contributed by atoms with Gasteiger partial charge in [-0.3, -0.25) is 14.8 Å². The number of aliphatic carboxylic acids is 1. The Labute approximate surface area is 120 Å². The van der Waals surface area contributed by atoms with Crippen molar-refractivity contribution < 1.29 is 9.90 Å². The van der Waals surface area contributed by atoms with Crippen LogP contribution in [0.5, 0.6) is 0 Å². The van der Waals surface area contributed by atoms with Crippen LogP contribution in [-0.2, 0) is 11.3 Å². The summed E-state index contributed by atoms with van der Waals surface area (Å²) in [5.74, 6) is -0.740. The third kappa shape index (κ3) is 3.82. The van der Waals surface area contributed by atoms with E-state index in [-0.39, 0.29) is 0 Å². The van der Waals surface area contributed by atoms with Gasteiger partial charge in [-0.2, -0.15) is 5.10 Å². The molecule has 2 N–H and O–H groups in total. The van der Waals surface area contributed by atoms with E-state index in [0.29, 0.717) is 12.5 Å². The minimum Gasteiger partial charge on any atom is -0.480 e. The minimum absolute atomic E-state index is 0.409. The van der Waals surface area contributed by atoms with Crippen LogP contribution < -0.4 is 5.32 Å². The van der Waals surface area contributed by atoms with Crippen LogP contribution in [0, 0.1) is 13.8 Å². The van der Waals surface area contributed by atoms with Crippen LogP contribution in [0.1, 0.15) is 50.4 Å². The predicted octanol–water partition coefficient (Wildman–Crippen LogP) is 2.27. The van der Waals surface area contributed by atoms with E-state index in [9.17, 15) is 9.90 Å². The van der Waals surface area contributed by atoms with E-state index in [1.54, 1.807) is 6.92 Å². The first-order chi connectivity index (χ1) is 9.40. The molecule has 1 heterocycles. The molecule has 20 heavy (non-hydrogen) atoms. The van der Waals surface area contributed by atoms with E-state index in [0.717, 1.165) is 37.9 Å². The number of rotatable bonds is 8. The molecule has 0 spiro atoms. The highest BCUT2D eigenvalue weighted by Crippen LogP contribution is 2.25. The topological polar surface area (TPSA) is 67.2 Å². The molecule has 2 rings (SSSR count). The molecule has 0 bridgehead atoms. The molecule has 0 radical (unpaired) electrons. The number of hydrogen-bond donors (Lipinski definition) is 2. The summed E-state index contributed by atoms with van der Waals surface area (Å²) in [4.78, 5) is 11.4. The average molecular weight is 279 g/mol. The van der Waals surface area contributed by atoms with Crippen LogP contribution >= 0.6 is 0 Å². The monoisotopic (exact) mass is 279 g/mol. The Balaban J connectivity index is 1.78. The number of carboxylic acids is 1. The standard InChI is InChI=1S/C15H25N3O2/c1-11-10-12(2)18(17-11)9-5-4-8-15(3,14(19)20)16-13-6-7-13/h10,13,16H,4-9H2,1-3H3,(H,19,20). The lowest BCUT2D eigenvalue weighted by molar-refractivity contribution is -0.144. The Hall–Kier alpha value is -1.36. The Morgan fingerprint density at radius 1 is 1.50 bits per heavy atom. The Kier molecular flexibility index (Phi) is 4.48. The molecular weight excluding hydrogens is 254 g/mol. The average Bonchev–Trinajstić information content (AvgIpc) is 3.10. The number of hydrogen-bond acceptors (Lipinski definition) is 3. The number of aromatic nitrogens is 2. The molecule has 0 saturated heterocycles. The molecule has 1 atom stereocenters. The van der Waals surface area contributed by atoms with Crippen LogP contribution in [0.4, 0.5) is 0 Å². The van der Waals surface area contributed by atoms with E-state index >= 15 is 0 Å². The fourth-order valence-corrected chi connectivity index (χ4v) is 2.56. The molecule has 1 aromatic rings. The van der Waals surface area contributed by atoms with Crippen molar-refractivity contribution >= 4 is 5.97 Å². The van der Waals surface area contributed by atoms with Crippen LogP contribution in [0.2, 0.25) is 0 Å². The lowest BCUT2D eigenvalue weighted by atomic mass is 9.94. The highest BCUT2D eigenvalue weighted by Gasteiger charge is 2.37. The summed E-state index contributed by atoms with van der Waals surface area (Å²) in [5.41, 5.74) is 1.42. The fourth-order valence-electron chi connectivity index (χ4n) is 2.56. The Morgan fingerprint density at radius 2 is 2.20 bits per heavy atom. The zero-order valence-corrected chi connectivity index (χ0v) is 12.6. The number of aryl methyl sites for hydroxylation is 3. The van der Waals surface area contributed by atoms with Gasteiger partial charge in [-0.1, -0.05) is 0 Å². The Bertz CT molecular complexity index is 479. The molecule has 1 aliphatic carbocycles. The molecule has 1 saturated carbocycles. The molecular formula is C15H25N3O2. The van der Waals surface area contributed by atoms with E-state index in [4.69, 9.17) is 0 Å². The van der Waals surface area contributed by atoms with Gasteiger partial charge < -0.3 is 5.11 Å². The quantitative estimate of drug-likeness (QED) is 0.716. The van der Waals surface area contributed by atoms with Gasteiger partial charge in [0.05, 0.1) is 5.69 Å². The summed E-state index contributed by atoms with van der Waals surface area (Å²) in [6.45, 7) is 6.70. The summed E-state index contributed by atoms with van der Waals surface area (Å²) in [6, 6.07) is 2.47. The van der Waals surface area contributed by atoms with Crippen LogP contribution in [0.3, 0.4) is 0 Å². The van der Waals surface area contributed by atoms with Gasteiger partial charge in [0, 0.05) is 18.3 Å². The lowest BCUT2D eigenvalue weighted by Crippen LogP contribution is -2.50. The summed E-state index contributed by atoms with van der Waals surface area (Å²) < 4.78 is 2.00. The molecule has 5 heteroatoms. The fraction of sp³-hybridized carbons (Fsp3) is 0.733. The van der Waals surface area contributed by atoms with Crippen molar-refractivity contribution in [3.8, 4) is 0 Å². The van der Waals surface area contributed by atoms with Crippen molar-refractivity contribution in [1.82, 2.24) is 15.1 Å². The van der Waals surface area contributed by atoms with Gasteiger partial charge in [0.2, 0.25) is 0 Å². The molecule has 5 nitrogen and oxygen atoms in total. The van der Waals surface area contributed by atoms with Gasteiger partial charge in [0.1, 0.15) is 5.54 Å². The smallest absolute Gasteiger partial charge is 0.323 e. The van der Waals surface area contributed by atoms with E-state index in [1.165, 1.54) is 5.69 Å². The second-order valence-electron chi connectivity index (χ2n) is 6.16. The van der Waals surface area contributed by atoms with Crippen LogP contribution in [-0.4, -0.2) is 32.4 Å². The second kappa shape index (κ2) is 5.95. The van der Waals surface area contributed by atoms with Gasteiger partial charge in [0.25, 0.3) is 0 Å². The first kappa shape index (κ1) is 15.0. The maximum Gasteiger partial charge on any atom is 0.323 e. The molecule has 112 valence electrons. The van der Waals surface area contributed by atoms with Crippen molar-refractivity contribution in [2.24, 2.45) is 0 Å². The predicted molar refractivity (Wildman–Crippen MR) is 77.8 cm³/mol. The molecule has 0 amide bonds. The lowest BCUT2D eigenvalue weighted by Gasteiger charge is -2.26. The summed E-state index contributed by atoms with van der Waals surface area (Å²) >= 11 is 0. The zero-order chi connectivity index (χ0) is 14.8. The molecule has 1 aliphatic rings. The second-order valence-corrected chi connectivity index (χ2v) is 6.16. The third-order valence-corrected chi connectivity index (χ3v) is 3.97. The number of unbranched alkanes of at least 4 members (excludes halogenated alkanes) is 1. The molecule has 1 aromatic heterocycles. The van der Waals surface area contributed by atoms with Gasteiger partial charge in [-0.25, -0.2) is 0 Å². The molecule has 0 aliphatic heterocycles. The zero-order valence-electron chi connectivity index (χ0n) is 12.6. The Morgan fingerprint density at radius 3 is 2.70 bits per heavy atom. The van der Waals surface area contributed by atoms with E-state index in [2.05, 4.69) is 23.4 Å². The van der Waals surface area contributed by atoms with Crippen LogP contribution in [0.15, 0.2) is 6.07 Å². The molecule has 1 fully saturated rings. The summed E-state index contributed by atoms with van der Waals surface area (Å²) in [5, 5.41) is 17.1. The minimum atomic E-state index is -0.782. The summed E-state index contributed by atoms with van der Waals surface area (Å²) in [7, 11) is 0. The highest BCUT2D eigenvalue weighted by atomic mass is 16.4. The summed E-state index contributed by atoms with van der Waals surface area (Å²) in [6.07, 6.45) is 4.72. The van der Waals surface area contributed by atoms with Gasteiger partial charge in [-0.15, -0.1) is 0 Å². The largest absolute Gasteiger partial charge is 0.480 e. The van der Waals surface area contributed by atoms with Crippen LogP contribution in [0.25, 0.3) is 0 Å². The third-order valence-electron chi connectivity index (χ3n) is 3.97. The van der Waals surface area contributed by atoms with Gasteiger partial charge in [0.15, 0.2) is 0 Å². The first-order valence-electron chi connectivity index (χ1n) is 7.43. The van der Waals surface area contributed by atoms with E-state index < -0.39 is 11.5 Å². The number of nitrogens with one attached hydrogen (secondary N) is 1. The number of carbonyl (C=O) groups is 1. The van der Waals surface area contributed by atoms with E-state index in [1.807, 2.05) is 11.6 Å². The number of nitrogens with zero attached hydrogens (tertiary/aromatic N) is 2. The SMILES string of the molecule is Cc1cc(C)n(CCCCC(C)(NC2CC2)C(=O)O)n1. The maximum absolute atomic E-state index is 11.4. The van der Waals surface area contributed by atoms with Crippen molar-refractivity contribution in [3.05, 3.63) is 17.5 Å². The van der Waals surface area contributed by atoms with Crippen molar-refractivity contribution in [3.63, 3.8) is 0 Å². The number of carboxylic acid groups (broad SMARTS) is 1.